The van der Waals surface area contributed by atoms with Crippen LogP contribution in [0.5, 0.6) is 0 Å². The summed E-state index contributed by atoms with van der Waals surface area (Å²) in [5.74, 6) is -0.786. The summed E-state index contributed by atoms with van der Waals surface area (Å²) in [6.07, 6.45) is 1.10. The van der Waals surface area contributed by atoms with Crippen molar-refractivity contribution in [1.82, 2.24) is 0 Å². The molecule has 0 aliphatic carbocycles. The van der Waals surface area contributed by atoms with Crippen LogP contribution in [0.2, 0.25) is 0 Å². The molecule has 0 aliphatic rings. The average Bonchev–Trinajstić information content (AvgIpc) is 2.01. The fraction of sp³-hybridized carbons (Fsp3) is 0.714. The highest BCUT2D eigenvalue weighted by Crippen LogP contribution is 2.11. The summed E-state index contributed by atoms with van der Waals surface area (Å²) < 4.78 is 4.28. The van der Waals surface area contributed by atoms with Crippen LogP contribution in [-0.4, -0.2) is 41.3 Å². The second-order valence-corrected chi connectivity index (χ2v) is 3.86. The van der Waals surface area contributed by atoms with E-state index in [4.69, 9.17) is 10.2 Å². The zero-order chi connectivity index (χ0) is 10.1. The third-order valence-electron chi connectivity index (χ3n) is 1.25. The molecule has 0 rings (SSSR count). The molecule has 0 aromatic heterocycles. The van der Waals surface area contributed by atoms with Crippen LogP contribution in [0.1, 0.15) is 12.8 Å². The van der Waals surface area contributed by atoms with Gasteiger partial charge >= 0.3 is 12.1 Å². The molecule has 1 atom stereocenters. The van der Waals surface area contributed by atoms with Crippen LogP contribution in [0.3, 0.4) is 0 Å². The molecule has 1 unspecified atom stereocenters. The molecule has 0 spiro atoms. The number of aliphatic carboxylic acids is 1. The highest BCUT2D eigenvalue weighted by molar-refractivity contribution is 7.37. The predicted octanol–water partition coefficient (Wildman–Crippen LogP) is 1.22. The largest absolute Gasteiger partial charge is 0.505 e. The third kappa shape index (κ3) is 11.2. The van der Waals surface area contributed by atoms with E-state index in [1.54, 1.807) is 0 Å². The van der Waals surface area contributed by atoms with E-state index in [0.29, 0.717) is 21.2 Å². The van der Waals surface area contributed by atoms with Gasteiger partial charge in [0.05, 0.1) is 6.61 Å². The van der Waals surface area contributed by atoms with Crippen LogP contribution in [0.15, 0.2) is 0 Å². The topological polar surface area (TPSA) is 83.8 Å². The molecule has 0 amide bonds. The molecule has 0 aliphatic heterocycles. The van der Waals surface area contributed by atoms with Gasteiger partial charge in [-0.1, -0.05) is 0 Å². The van der Waals surface area contributed by atoms with Gasteiger partial charge in [0.15, 0.2) is 0 Å². The molecule has 2 N–H and O–H groups in total. The van der Waals surface area contributed by atoms with Crippen LogP contribution in [-0.2, 0) is 9.53 Å². The Balaban J connectivity index is 3.00. The van der Waals surface area contributed by atoms with Crippen LogP contribution in [0, 0.1) is 0 Å². The van der Waals surface area contributed by atoms with Crippen molar-refractivity contribution in [2.24, 2.45) is 0 Å². The van der Waals surface area contributed by atoms with E-state index < -0.39 is 12.1 Å². The van der Waals surface area contributed by atoms with Crippen molar-refractivity contribution in [3.05, 3.63) is 0 Å². The standard InChI is InChI=1S/C7H13O5P/c8-6(9)2-1-4-13-5-3-12-7(10)11/h13H,1-5H2,(H,8,9)(H,10,11). The Morgan fingerprint density at radius 3 is 2.46 bits per heavy atom. The van der Waals surface area contributed by atoms with Crippen molar-refractivity contribution in [1.29, 1.82) is 0 Å². The first-order valence-corrected chi connectivity index (χ1v) is 5.32. The molecule has 0 radical (unpaired) electrons. The van der Waals surface area contributed by atoms with Gasteiger partial charge in [-0.05, 0) is 18.7 Å². The second kappa shape index (κ2) is 7.80. The fourth-order valence-corrected chi connectivity index (χ4v) is 1.62. The highest BCUT2D eigenvalue weighted by atomic mass is 31.1. The van der Waals surface area contributed by atoms with E-state index in [1.165, 1.54) is 0 Å². The zero-order valence-corrected chi connectivity index (χ0v) is 8.15. The minimum atomic E-state index is -1.25. The number of carbonyl (C=O) groups is 2. The van der Waals surface area contributed by atoms with Gasteiger partial charge in [0.25, 0.3) is 0 Å². The summed E-state index contributed by atoms with van der Waals surface area (Å²) in [4.78, 5) is 20.0. The first-order valence-electron chi connectivity index (χ1n) is 3.91. The normalized spacial score (nSPS) is 10.5. The van der Waals surface area contributed by atoms with E-state index in [2.05, 4.69) is 4.74 Å². The molecular weight excluding hydrogens is 195 g/mol. The number of rotatable bonds is 7. The minimum Gasteiger partial charge on any atom is -0.481 e. The summed E-state index contributed by atoms with van der Waals surface area (Å²) in [7, 11) is 0.580. The molecule has 0 heterocycles. The molecule has 0 saturated carbocycles. The van der Waals surface area contributed by atoms with Crippen LogP contribution < -0.4 is 0 Å². The van der Waals surface area contributed by atoms with Gasteiger partial charge in [0, 0.05) is 6.42 Å². The van der Waals surface area contributed by atoms with E-state index >= 15 is 0 Å². The lowest BCUT2D eigenvalue weighted by atomic mass is 10.3. The number of hydrogen-bond acceptors (Lipinski definition) is 3. The third-order valence-corrected chi connectivity index (χ3v) is 2.51. The van der Waals surface area contributed by atoms with Crippen molar-refractivity contribution in [2.45, 2.75) is 12.8 Å². The lowest BCUT2D eigenvalue weighted by Gasteiger charge is -2.00. The smallest absolute Gasteiger partial charge is 0.481 e. The SMILES string of the molecule is O=C(O)CCCPCCOC(=O)O. The van der Waals surface area contributed by atoms with Gasteiger partial charge in [-0.25, -0.2) is 4.79 Å². The van der Waals surface area contributed by atoms with Crippen molar-refractivity contribution >= 4 is 20.7 Å². The highest BCUT2D eigenvalue weighted by Gasteiger charge is 1.97. The molecule has 76 valence electrons. The van der Waals surface area contributed by atoms with Gasteiger partial charge < -0.3 is 14.9 Å². The van der Waals surface area contributed by atoms with E-state index in [0.717, 1.165) is 6.16 Å². The molecule has 13 heavy (non-hydrogen) atoms. The summed E-state index contributed by atoms with van der Waals surface area (Å²) in [6, 6.07) is 0. The summed E-state index contributed by atoms with van der Waals surface area (Å²) in [5.41, 5.74) is 0. The van der Waals surface area contributed by atoms with Gasteiger partial charge in [-0.2, -0.15) is 0 Å². The molecule has 0 aromatic rings. The first-order chi connectivity index (χ1) is 6.13. The van der Waals surface area contributed by atoms with E-state index in [-0.39, 0.29) is 13.0 Å². The predicted molar refractivity (Wildman–Crippen MR) is 48.9 cm³/mol. The quantitative estimate of drug-likeness (QED) is 0.373. The Kier molecular flexibility index (Phi) is 7.30. The maximum atomic E-state index is 10.1. The lowest BCUT2D eigenvalue weighted by Crippen LogP contribution is -2.03. The van der Waals surface area contributed by atoms with Crippen molar-refractivity contribution in [3.8, 4) is 0 Å². The molecule has 0 bridgehead atoms. The average molecular weight is 208 g/mol. The number of hydrogen-bond donors (Lipinski definition) is 2. The molecule has 6 heteroatoms. The van der Waals surface area contributed by atoms with Crippen LogP contribution in [0.25, 0.3) is 0 Å². The molecule has 0 fully saturated rings. The Bertz CT molecular complexity index is 152. The Morgan fingerprint density at radius 1 is 1.23 bits per heavy atom. The number of carboxylic acids is 1. The van der Waals surface area contributed by atoms with Crippen molar-refractivity contribution < 1.29 is 24.5 Å². The molecule has 5 nitrogen and oxygen atoms in total. The minimum absolute atomic E-state index is 0.187. The molecule has 0 saturated heterocycles. The van der Waals surface area contributed by atoms with Gasteiger partial charge in [0.2, 0.25) is 0 Å². The van der Waals surface area contributed by atoms with Gasteiger partial charge in [-0.3, -0.25) is 4.79 Å². The summed E-state index contributed by atoms with van der Waals surface area (Å²) in [5, 5.41) is 16.4. The van der Waals surface area contributed by atoms with Gasteiger partial charge in [0.1, 0.15) is 0 Å². The Hall–Kier alpha value is -0.830. The Labute approximate surface area is 77.9 Å². The lowest BCUT2D eigenvalue weighted by molar-refractivity contribution is -0.137. The summed E-state index contributed by atoms with van der Waals surface area (Å²) >= 11 is 0. The second-order valence-electron chi connectivity index (χ2n) is 2.36. The van der Waals surface area contributed by atoms with Crippen molar-refractivity contribution in [2.75, 3.05) is 18.9 Å². The first kappa shape index (κ1) is 12.2. The number of carboxylic acid groups (broad SMARTS) is 2. The fourth-order valence-electron chi connectivity index (χ4n) is 0.700. The number of ether oxygens (including phenoxy) is 1. The van der Waals surface area contributed by atoms with E-state index in [1.807, 2.05) is 0 Å². The maximum Gasteiger partial charge on any atom is 0.505 e. The van der Waals surface area contributed by atoms with Crippen molar-refractivity contribution in [3.63, 3.8) is 0 Å². The summed E-state index contributed by atoms with van der Waals surface area (Å²) in [6.45, 7) is 0.209. The monoisotopic (exact) mass is 208 g/mol. The maximum absolute atomic E-state index is 10.1. The van der Waals surface area contributed by atoms with E-state index in [9.17, 15) is 9.59 Å². The Morgan fingerprint density at radius 2 is 1.92 bits per heavy atom. The zero-order valence-electron chi connectivity index (χ0n) is 7.15. The van der Waals surface area contributed by atoms with Crippen LogP contribution >= 0.6 is 8.58 Å². The molecule has 0 aromatic carbocycles. The van der Waals surface area contributed by atoms with Gasteiger partial charge in [-0.15, -0.1) is 8.58 Å². The molecular formula is C7H13O5P. The van der Waals surface area contributed by atoms with Crippen LogP contribution in [0.4, 0.5) is 4.79 Å².